The summed E-state index contributed by atoms with van der Waals surface area (Å²) in [6, 6.07) is 8.19. The van der Waals surface area contributed by atoms with Crippen molar-refractivity contribution in [3.63, 3.8) is 0 Å². The maximum atomic E-state index is 5.53. The van der Waals surface area contributed by atoms with Crippen LogP contribution in [0.5, 0.6) is 0 Å². The van der Waals surface area contributed by atoms with Crippen molar-refractivity contribution < 1.29 is 0 Å². The van der Waals surface area contributed by atoms with Crippen LogP contribution in [0.1, 0.15) is 5.56 Å². The van der Waals surface area contributed by atoms with E-state index in [9.17, 15) is 0 Å². The number of nitrogens with zero attached hydrogens (tertiary/aromatic N) is 1. The third-order valence-electron chi connectivity index (χ3n) is 2.34. The Hall–Kier alpha value is -1.13. The number of rotatable bonds is 2. The molecule has 1 saturated heterocycles. The highest BCUT2D eigenvalue weighted by molar-refractivity contribution is 7.80. The average molecular weight is 207 g/mol. The molecule has 1 aromatic carbocycles. The summed E-state index contributed by atoms with van der Waals surface area (Å²) < 4.78 is 0. The van der Waals surface area contributed by atoms with E-state index in [1.807, 2.05) is 12.1 Å². The fraction of sp³-hybridized carbons (Fsp3) is 0.300. The summed E-state index contributed by atoms with van der Waals surface area (Å²) in [4.78, 5) is 2.09. The first-order valence-corrected chi connectivity index (χ1v) is 5.06. The summed E-state index contributed by atoms with van der Waals surface area (Å²) in [5.41, 5.74) is 7.81. The summed E-state index contributed by atoms with van der Waals surface area (Å²) in [5, 5.41) is 3.94. The molecule has 1 aromatic rings. The predicted molar refractivity (Wildman–Crippen MR) is 62.3 cm³/mol. The second kappa shape index (κ2) is 3.94. The number of thiocarbonyl (C=S) groups is 1. The molecule has 14 heavy (non-hydrogen) atoms. The second-order valence-electron chi connectivity index (χ2n) is 3.25. The molecule has 3 nitrogen and oxygen atoms in total. The van der Waals surface area contributed by atoms with Gasteiger partial charge < -0.3 is 16.0 Å². The molecule has 4 heteroatoms. The van der Waals surface area contributed by atoms with E-state index < -0.39 is 0 Å². The van der Waals surface area contributed by atoms with Gasteiger partial charge in [-0.1, -0.05) is 12.1 Å². The number of benzene rings is 1. The van der Waals surface area contributed by atoms with Crippen molar-refractivity contribution in [3.8, 4) is 0 Å². The van der Waals surface area contributed by atoms with Crippen molar-refractivity contribution in [1.29, 1.82) is 0 Å². The van der Waals surface area contributed by atoms with Gasteiger partial charge in [0.1, 0.15) is 0 Å². The first-order chi connectivity index (χ1) is 6.81. The zero-order valence-electron chi connectivity index (χ0n) is 7.86. The number of nitrogens with two attached hydrogens (primary N) is 1. The minimum Gasteiger partial charge on any atom is -0.360 e. The zero-order chi connectivity index (χ0) is 9.97. The molecule has 1 aliphatic rings. The molecule has 0 unspecified atom stereocenters. The molecule has 0 aliphatic carbocycles. The maximum absolute atomic E-state index is 5.53. The molecule has 0 radical (unpaired) electrons. The molecular weight excluding hydrogens is 194 g/mol. The lowest BCUT2D eigenvalue weighted by molar-refractivity contribution is 0.974. The molecule has 1 fully saturated rings. The lowest BCUT2D eigenvalue weighted by Gasteiger charge is -2.16. The first kappa shape index (κ1) is 9.43. The van der Waals surface area contributed by atoms with E-state index in [4.69, 9.17) is 18.0 Å². The fourth-order valence-corrected chi connectivity index (χ4v) is 1.83. The molecule has 1 heterocycles. The summed E-state index contributed by atoms with van der Waals surface area (Å²) in [5.74, 6) is 0. The Morgan fingerprint density at radius 1 is 1.36 bits per heavy atom. The van der Waals surface area contributed by atoms with Gasteiger partial charge in [-0.2, -0.15) is 0 Å². The SMILES string of the molecule is NCc1ccc(N2CCNC2=S)cc1. The first-order valence-electron chi connectivity index (χ1n) is 4.65. The summed E-state index contributed by atoms with van der Waals surface area (Å²) in [6.07, 6.45) is 0. The second-order valence-corrected chi connectivity index (χ2v) is 3.64. The molecule has 0 amide bonds. The summed E-state index contributed by atoms with van der Waals surface area (Å²) in [7, 11) is 0. The highest BCUT2D eigenvalue weighted by atomic mass is 32.1. The van der Waals surface area contributed by atoms with Crippen LogP contribution in [0.4, 0.5) is 5.69 Å². The molecule has 3 N–H and O–H groups in total. The van der Waals surface area contributed by atoms with Gasteiger partial charge in [0, 0.05) is 25.3 Å². The van der Waals surface area contributed by atoms with Crippen LogP contribution in [-0.2, 0) is 6.54 Å². The van der Waals surface area contributed by atoms with Gasteiger partial charge in [0.2, 0.25) is 0 Å². The van der Waals surface area contributed by atoms with Gasteiger partial charge in [0.25, 0.3) is 0 Å². The van der Waals surface area contributed by atoms with Crippen molar-refractivity contribution in [3.05, 3.63) is 29.8 Å². The van der Waals surface area contributed by atoms with E-state index >= 15 is 0 Å². The standard InChI is InChI=1S/C10H13N3S/c11-7-8-1-3-9(4-2-8)13-6-5-12-10(13)14/h1-4H,5-7,11H2,(H,12,14). The number of anilines is 1. The Morgan fingerprint density at radius 3 is 2.57 bits per heavy atom. The van der Waals surface area contributed by atoms with E-state index in [1.165, 1.54) is 0 Å². The average Bonchev–Trinajstić information content (AvgIpc) is 2.65. The molecule has 0 atom stereocenters. The van der Waals surface area contributed by atoms with E-state index in [0.717, 1.165) is 29.5 Å². The Balaban J connectivity index is 2.20. The topological polar surface area (TPSA) is 41.3 Å². The van der Waals surface area contributed by atoms with Gasteiger partial charge in [-0.05, 0) is 29.9 Å². The molecule has 0 bridgehead atoms. The van der Waals surface area contributed by atoms with Gasteiger partial charge in [-0.15, -0.1) is 0 Å². The largest absolute Gasteiger partial charge is 0.360 e. The van der Waals surface area contributed by atoms with Crippen LogP contribution in [0.3, 0.4) is 0 Å². The molecular formula is C10H13N3S. The highest BCUT2D eigenvalue weighted by Gasteiger charge is 2.16. The van der Waals surface area contributed by atoms with Crippen molar-refractivity contribution in [1.82, 2.24) is 5.32 Å². The summed E-state index contributed by atoms with van der Waals surface area (Å²) >= 11 is 5.17. The lowest BCUT2D eigenvalue weighted by Crippen LogP contribution is -2.27. The third kappa shape index (κ3) is 1.71. The van der Waals surface area contributed by atoms with Gasteiger partial charge >= 0.3 is 0 Å². The monoisotopic (exact) mass is 207 g/mol. The van der Waals surface area contributed by atoms with Crippen LogP contribution in [0.25, 0.3) is 0 Å². The molecule has 0 saturated carbocycles. The molecule has 74 valence electrons. The maximum Gasteiger partial charge on any atom is 0.173 e. The van der Waals surface area contributed by atoms with Gasteiger partial charge in [-0.25, -0.2) is 0 Å². The van der Waals surface area contributed by atoms with Crippen LogP contribution in [0, 0.1) is 0 Å². The van der Waals surface area contributed by atoms with Crippen molar-refractivity contribution >= 4 is 23.0 Å². The van der Waals surface area contributed by atoms with Gasteiger partial charge in [-0.3, -0.25) is 0 Å². The molecule has 2 rings (SSSR count). The number of hydrogen-bond donors (Lipinski definition) is 2. The highest BCUT2D eigenvalue weighted by Crippen LogP contribution is 2.16. The predicted octanol–water partition coefficient (Wildman–Crippen LogP) is 0.840. The number of nitrogens with one attached hydrogen (secondary N) is 1. The zero-order valence-corrected chi connectivity index (χ0v) is 8.68. The van der Waals surface area contributed by atoms with E-state index in [-0.39, 0.29) is 0 Å². The van der Waals surface area contributed by atoms with Crippen molar-refractivity contribution in [2.45, 2.75) is 6.54 Å². The normalized spacial score (nSPS) is 15.8. The molecule has 0 spiro atoms. The van der Waals surface area contributed by atoms with Crippen LogP contribution in [0.2, 0.25) is 0 Å². The fourth-order valence-electron chi connectivity index (χ4n) is 1.53. The van der Waals surface area contributed by atoms with Gasteiger partial charge in [0.05, 0.1) is 0 Å². The van der Waals surface area contributed by atoms with Crippen LogP contribution >= 0.6 is 12.2 Å². The lowest BCUT2D eigenvalue weighted by atomic mass is 10.2. The Kier molecular flexibility index (Phi) is 2.65. The van der Waals surface area contributed by atoms with Gasteiger partial charge in [0.15, 0.2) is 5.11 Å². The molecule has 0 aromatic heterocycles. The smallest absolute Gasteiger partial charge is 0.173 e. The van der Waals surface area contributed by atoms with Crippen LogP contribution < -0.4 is 16.0 Å². The van der Waals surface area contributed by atoms with Crippen molar-refractivity contribution in [2.24, 2.45) is 5.73 Å². The van der Waals surface area contributed by atoms with E-state index in [1.54, 1.807) is 0 Å². The molecule has 1 aliphatic heterocycles. The van der Waals surface area contributed by atoms with Crippen LogP contribution in [0.15, 0.2) is 24.3 Å². The van der Waals surface area contributed by atoms with Crippen LogP contribution in [-0.4, -0.2) is 18.2 Å². The minimum atomic E-state index is 0.586. The Morgan fingerprint density at radius 2 is 2.07 bits per heavy atom. The number of hydrogen-bond acceptors (Lipinski definition) is 2. The van der Waals surface area contributed by atoms with E-state index in [2.05, 4.69) is 22.3 Å². The van der Waals surface area contributed by atoms with E-state index in [0.29, 0.717) is 6.54 Å². The Bertz CT molecular complexity index is 334. The Labute approximate surface area is 88.9 Å². The van der Waals surface area contributed by atoms with Crippen molar-refractivity contribution in [2.75, 3.05) is 18.0 Å². The third-order valence-corrected chi connectivity index (χ3v) is 2.71. The summed E-state index contributed by atoms with van der Waals surface area (Å²) in [6.45, 7) is 2.46. The minimum absolute atomic E-state index is 0.586. The quantitative estimate of drug-likeness (QED) is 0.705.